The average molecular weight is 290 g/mol. The van der Waals surface area contributed by atoms with Gasteiger partial charge in [0, 0.05) is 36.9 Å². The zero-order chi connectivity index (χ0) is 15.2. The highest BCUT2D eigenvalue weighted by Gasteiger charge is 2.23. The van der Waals surface area contributed by atoms with E-state index >= 15 is 0 Å². The SMILES string of the molecule is CCCNC(C)c1cccnc1N1CCC(N(C)C)CC1. The Bertz CT molecular complexity index is 425. The minimum Gasteiger partial charge on any atom is -0.356 e. The Labute approximate surface area is 129 Å². The summed E-state index contributed by atoms with van der Waals surface area (Å²) in [6, 6.07) is 5.34. The van der Waals surface area contributed by atoms with Crippen molar-refractivity contribution in [3.8, 4) is 0 Å². The highest BCUT2D eigenvalue weighted by Crippen LogP contribution is 2.27. The molecule has 0 amide bonds. The molecule has 1 fully saturated rings. The van der Waals surface area contributed by atoms with Crippen LogP contribution in [0.15, 0.2) is 18.3 Å². The molecule has 21 heavy (non-hydrogen) atoms. The molecule has 0 aliphatic carbocycles. The maximum absolute atomic E-state index is 4.67. The van der Waals surface area contributed by atoms with E-state index in [0.29, 0.717) is 12.1 Å². The van der Waals surface area contributed by atoms with E-state index in [0.717, 1.165) is 26.1 Å². The van der Waals surface area contributed by atoms with Crippen LogP contribution < -0.4 is 10.2 Å². The lowest BCUT2D eigenvalue weighted by Crippen LogP contribution is -2.42. The first-order chi connectivity index (χ1) is 10.1. The quantitative estimate of drug-likeness (QED) is 0.873. The smallest absolute Gasteiger partial charge is 0.133 e. The largest absolute Gasteiger partial charge is 0.356 e. The van der Waals surface area contributed by atoms with Crippen LogP contribution in [0.1, 0.15) is 44.7 Å². The van der Waals surface area contributed by atoms with Crippen molar-refractivity contribution in [2.75, 3.05) is 38.6 Å². The number of nitrogens with one attached hydrogen (secondary N) is 1. The number of anilines is 1. The number of nitrogens with zero attached hydrogens (tertiary/aromatic N) is 3. The van der Waals surface area contributed by atoms with Crippen LogP contribution in [0.25, 0.3) is 0 Å². The van der Waals surface area contributed by atoms with Crippen molar-refractivity contribution in [2.24, 2.45) is 0 Å². The van der Waals surface area contributed by atoms with Crippen molar-refractivity contribution in [3.05, 3.63) is 23.9 Å². The van der Waals surface area contributed by atoms with Crippen LogP contribution in [0.4, 0.5) is 5.82 Å². The van der Waals surface area contributed by atoms with E-state index in [1.165, 1.54) is 24.2 Å². The van der Waals surface area contributed by atoms with Gasteiger partial charge in [-0.3, -0.25) is 0 Å². The Kier molecular flexibility index (Phi) is 6.00. The fraction of sp³-hybridized carbons (Fsp3) is 0.706. The molecule has 0 bridgehead atoms. The molecule has 0 aromatic carbocycles. The van der Waals surface area contributed by atoms with Crippen molar-refractivity contribution in [2.45, 2.75) is 45.2 Å². The first-order valence-electron chi connectivity index (χ1n) is 8.23. The average Bonchev–Trinajstić information content (AvgIpc) is 2.52. The summed E-state index contributed by atoms with van der Waals surface area (Å²) in [4.78, 5) is 9.48. The van der Waals surface area contributed by atoms with Gasteiger partial charge in [-0.25, -0.2) is 4.98 Å². The van der Waals surface area contributed by atoms with Crippen molar-refractivity contribution in [1.82, 2.24) is 15.2 Å². The predicted molar refractivity (Wildman–Crippen MR) is 89.9 cm³/mol. The molecule has 0 spiro atoms. The molecule has 2 rings (SSSR count). The fourth-order valence-corrected chi connectivity index (χ4v) is 3.08. The standard InChI is InChI=1S/C17H30N4/c1-5-10-18-14(2)16-7-6-11-19-17(16)21-12-8-15(9-13-21)20(3)4/h6-7,11,14-15,18H,5,8-10,12-13H2,1-4H3. The maximum Gasteiger partial charge on any atom is 0.133 e. The molecular weight excluding hydrogens is 260 g/mol. The van der Waals surface area contributed by atoms with Gasteiger partial charge in [0.2, 0.25) is 0 Å². The molecule has 1 atom stereocenters. The van der Waals surface area contributed by atoms with E-state index in [-0.39, 0.29) is 0 Å². The van der Waals surface area contributed by atoms with E-state index < -0.39 is 0 Å². The van der Waals surface area contributed by atoms with Crippen LogP contribution in [0, 0.1) is 0 Å². The van der Waals surface area contributed by atoms with Crippen molar-refractivity contribution < 1.29 is 0 Å². The van der Waals surface area contributed by atoms with Crippen LogP contribution in [0.5, 0.6) is 0 Å². The second-order valence-corrected chi connectivity index (χ2v) is 6.27. The molecule has 1 saturated heterocycles. The van der Waals surface area contributed by atoms with E-state index in [4.69, 9.17) is 0 Å². The van der Waals surface area contributed by atoms with Gasteiger partial charge in [0.15, 0.2) is 0 Å². The summed E-state index contributed by atoms with van der Waals surface area (Å²) in [6.07, 6.45) is 5.52. The van der Waals surface area contributed by atoms with Crippen LogP contribution in [-0.4, -0.2) is 49.7 Å². The minimum absolute atomic E-state index is 0.361. The maximum atomic E-state index is 4.67. The van der Waals surface area contributed by atoms with Crippen molar-refractivity contribution in [1.29, 1.82) is 0 Å². The molecule has 2 heterocycles. The summed E-state index contributed by atoms with van der Waals surface area (Å²) in [6.45, 7) is 7.71. The molecule has 1 aromatic rings. The lowest BCUT2D eigenvalue weighted by atomic mass is 10.0. The highest BCUT2D eigenvalue weighted by atomic mass is 15.2. The first-order valence-corrected chi connectivity index (χ1v) is 8.23. The van der Waals surface area contributed by atoms with Gasteiger partial charge >= 0.3 is 0 Å². The van der Waals surface area contributed by atoms with Crippen LogP contribution >= 0.6 is 0 Å². The number of piperidine rings is 1. The molecule has 4 heteroatoms. The molecule has 1 unspecified atom stereocenters. The molecule has 4 nitrogen and oxygen atoms in total. The zero-order valence-corrected chi connectivity index (χ0v) is 14.0. The molecular formula is C17H30N4. The van der Waals surface area contributed by atoms with E-state index in [1.54, 1.807) is 0 Å². The Morgan fingerprint density at radius 3 is 2.71 bits per heavy atom. The summed E-state index contributed by atoms with van der Waals surface area (Å²) < 4.78 is 0. The van der Waals surface area contributed by atoms with Crippen molar-refractivity contribution >= 4 is 5.82 Å². The normalized spacial score (nSPS) is 18.2. The second-order valence-electron chi connectivity index (χ2n) is 6.27. The Balaban J connectivity index is 2.06. The van der Waals surface area contributed by atoms with E-state index in [1.807, 2.05) is 6.20 Å². The van der Waals surface area contributed by atoms with Gasteiger partial charge < -0.3 is 15.1 Å². The van der Waals surface area contributed by atoms with Crippen molar-refractivity contribution in [3.63, 3.8) is 0 Å². The van der Waals surface area contributed by atoms with Gasteiger partial charge in [0.25, 0.3) is 0 Å². The monoisotopic (exact) mass is 290 g/mol. The molecule has 1 aromatic heterocycles. The summed E-state index contributed by atoms with van der Waals surface area (Å²) >= 11 is 0. The Morgan fingerprint density at radius 1 is 1.38 bits per heavy atom. The summed E-state index contributed by atoms with van der Waals surface area (Å²) in [5.74, 6) is 1.17. The third kappa shape index (κ3) is 4.17. The van der Waals surface area contributed by atoms with Crippen LogP contribution in [0.3, 0.4) is 0 Å². The third-order valence-electron chi connectivity index (χ3n) is 4.48. The topological polar surface area (TPSA) is 31.4 Å². The lowest BCUT2D eigenvalue weighted by Gasteiger charge is -2.37. The van der Waals surface area contributed by atoms with Gasteiger partial charge in [-0.1, -0.05) is 13.0 Å². The summed E-state index contributed by atoms with van der Waals surface area (Å²) in [7, 11) is 4.37. The van der Waals surface area contributed by atoms with Gasteiger partial charge in [0.1, 0.15) is 5.82 Å². The number of aromatic nitrogens is 1. The number of pyridine rings is 1. The Morgan fingerprint density at radius 2 is 2.10 bits per heavy atom. The van der Waals surface area contributed by atoms with E-state index in [2.05, 4.69) is 60.2 Å². The van der Waals surface area contributed by atoms with Crippen LogP contribution in [-0.2, 0) is 0 Å². The number of hydrogen-bond acceptors (Lipinski definition) is 4. The molecule has 1 aliphatic heterocycles. The molecule has 1 N–H and O–H groups in total. The third-order valence-corrected chi connectivity index (χ3v) is 4.48. The Hall–Kier alpha value is -1.13. The lowest BCUT2D eigenvalue weighted by molar-refractivity contribution is 0.249. The summed E-state index contributed by atoms with van der Waals surface area (Å²) in [5, 5.41) is 3.58. The number of rotatable bonds is 6. The zero-order valence-electron chi connectivity index (χ0n) is 14.0. The first kappa shape index (κ1) is 16.2. The molecule has 0 radical (unpaired) electrons. The molecule has 0 saturated carbocycles. The highest BCUT2D eigenvalue weighted by molar-refractivity contribution is 5.48. The second kappa shape index (κ2) is 7.76. The summed E-state index contributed by atoms with van der Waals surface area (Å²) in [5.41, 5.74) is 1.33. The molecule has 118 valence electrons. The molecule has 1 aliphatic rings. The predicted octanol–water partition coefficient (Wildman–Crippen LogP) is 2.67. The van der Waals surface area contributed by atoms with Crippen LogP contribution in [0.2, 0.25) is 0 Å². The van der Waals surface area contributed by atoms with E-state index in [9.17, 15) is 0 Å². The number of hydrogen-bond donors (Lipinski definition) is 1. The fourth-order valence-electron chi connectivity index (χ4n) is 3.08. The van der Waals surface area contributed by atoms with Gasteiger partial charge in [-0.05, 0) is 52.9 Å². The van der Waals surface area contributed by atoms with Gasteiger partial charge in [0.05, 0.1) is 0 Å². The minimum atomic E-state index is 0.361. The van der Waals surface area contributed by atoms with Gasteiger partial charge in [-0.15, -0.1) is 0 Å². The van der Waals surface area contributed by atoms with Gasteiger partial charge in [-0.2, -0.15) is 0 Å².